The van der Waals surface area contributed by atoms with Crippen LogP contribution in [0.1, 0.15) is 34.3 Å². The average Bonchev–Trinajstić information content (AvgIpc) is 3.36. The second-order valence-electron chi connectivity index (χ2n) is 6.67. The summed E-state index contributed by atoms with van der Waals surface area (Å²) >= 11 is 1.71. The zero-order chi connectivity index (χ0) is 19.1. The minimum Gasteiger partial charge on any atom is -0.496 e. The Morgan fingerprint density at radius 2 is 2.07 bits per heavy atom. The maximum Gasteiger partial charge on any atom is 0.191 e. The van der Waals surface area contributed by atoms with Crippen LogP contribution in [-0.4, -0.2) is 49.6 Å². The Hall–Kier alpha value is -2.12. The summed E-state index contributed by atoms with van der Waals surface area (Å²) < 4.78 is 5.62. The summed E-state index contributed by atoms with van der Waals surface area (Å²) in [6, 6.07) is 8.56. The molecule has 0 radical (unpaired) electrons. The number of guanidine groups is 1. The summed E-state index contributed by atoms with van der Waals surface area (Å²) in [6.07, 6.45) is 4.41. The Bertz CT molecular complexity index is 754. The van der Waals surface area contributed by atoms with Crippen molar-refractivity contribution in [3.05, 3.63) is 45.9 Å². The molecule has 1 aliphatic rings. The third kappa shape index (κ3) is 5.20. The van der Waals surface area contributed by atoms with Gasteiger partial charge in [0.2, 0.25) is 0 Å². The van der Waals surface area contributed by atoms with E-state index >= 15 is 0 Å². The van der Waals surface area contributed by atoms with Gasteiger partial charge >= 0.3 is 0 Å². The number of hydrogen-bond donors (Lipinski definition) is 2. The maximum absolute atomic E-state index is 5.62. The largest absolute Gasteiger partial charge is 0.496 e. The summed E-state index contributed by atoms with van der Waals surface area (Å²) in [6.45, 7) is 5.77. The number of aryl methyl sites for hydroxylation is 1. The molecule has 1 saturated heterocycles. The number of hydrogen-bond acceptors (Lipinski definition) is 5. The molecule has 2 heterocycles. The molecule has 27 heavy (non-hydrogen) atoms. The van der Waals surface area contributed by atoms with E-state index in [1.165, 1.54) is 23.3 Å². The van der Waals surface area contributed by atoms with Gasteiger partial charge in [-0.1, -0.05) is 18.2 Å². The number of ether oxygens (including phenoxy) is 1. The van der Waals surface area contributed by atoms with E-state index in [1.54, 1.807) is 25.5 Å². The van der Waals surface area contributed by atoms with E-state index in [0.717, 1.165) is 36.4 Å². The molecule has 1 unspecified atom stereocenters. The van der Waals surface area contributed by atoms with E-state index in [-0.39, 0.29) is 6.04 Å². The van der Waals surface area contributed by atoms with E-state index in [0.29, 0.717) is 6.54 Å². The lowest BCUT2D eigenvalue weighted by molar-refractivity contribution is 0.239. The van der Waals surface area contributed by atoms with Gasteiger partial charge in [-0.05, 0) is 38.9 Å². The van der Waals surface area contributed by atoms with Crippen molar-refractivity contribution >= 4 is 17.3 Å². The minimum atomic E-state index is 0.254. The molecule has 3 rings (SSSR count). The summed E-state index contributed by atoms with van der Waals surface area (Å²) in [7, 11) is 3.54. The zero-order valence-electron chi connectivity index (χ0n) is 16.4. The lowest BCUT2D eigenvalue weighted by Gasteiger charge is -2.30. The van der Waals surface area contributed by atoms with Crippen LogP contribution in [0.4, 0.5) is 0 Å². The topological polar surface area (TPSA) is 61.8 Å². The molecule has 2 N–H and O–H groups in total. The van der Waals surface area contributed by atoms with Crippen molar-refractivity contribution in [1.29, 1.82) is 0 Å². The predicted octanol–water partition coefficient (Wildman–Crippen LogP) is 2.96. The van der Waals surface area contributed by atoms with E-state index in [4.69, 9.17) is 4.74 Å². The molecule has 146 valence electrons. The predicted molar refractivity (Wildman–Crippen MR) is 112 cm³/mol. The third-order valence-electron chi connectivity index (χ3n) is 4.84. The normalized spacial score (nSPS) is 16.3. The van der Waals surface area contributed by atoms with E-state index in [9.17, 15) is 0 Å². The zero-order valence-corrected chi connectivity index (χ0v) is 17.2. The number of nitrogens with zero attached hydrogens (tertiary/aromatic N) is 3. The summed E-state index contributed by atoms with van der Waals surface area (Å²) in [5.41, 5.74) is 1.22. The number of likely N-dealkylation sites (tertiary alicyclic amines) is 1. The van der Waals surface area contributed by atoms with Crippen molar-refractivity contribution in [3.63, 3.8) is 0 Å². The van der Waals surface area contributed by atoms with Crippen LogP contribution in [0.2, 0.25) is 0 Å². The van der Waals surface area contributed by atoms with Gasteiger partial charge < -0.3 is 15.4 Å². The van der Waals surface area contributed by atoms with Gasteiger partial charge in [0.05, 0.1) is 19.7 Å². The molecule has 1 fully saturated rings. The Morgan fingerprint density at radius 1 is 1.30 bits per heavy atom. The van der Waals surface area contributed by atoms with Crippen molar-refractivity contribution in [2.24, 2.45) is 4.99 Å². The highest BCUT2D eigenvalue weighted by Crippen LogP contribution is 2.31. The molecule has 1 aromatic carbocycles. The van der Waals surface area contributed by atoms with Crippen LogP contribution < -0.4 is 15.4 Å². The molecule has 0 spiro atoms. The summed E-state index contributed by atoms with van der Waals surface area (Å²) in [5.74, 6) is 1.74. The quantitative estimate of drug-likeness (QED) is 0.565. The third-order valence-corrected chi connectivity index (χ3v) is 5.75. The van der Waals surface area contributed by atoms with Crippen LogP contribution >= 0.6 is 11.3 Å². The molecular weight excluding hydrogens is 358 g/mol. The van der Waals surface area contributed by atoms with E-state index in [1.807, 2.05) is 18.3 Å². The number of thiazole rings is 1. The first-order valence-electron chi connectivity index (χ1n) is 9.44. The van der Waals surface area contributed by atoms with Crippen molar-refractivity contribution < 1.29 is 4.74 Å². The van der Waals surface area contributed by atoms with Crippen LogP contribution in [0, 0.1) is 6.92 Å². The molecule has 6 nitrogen and oxygen atoms in total. The molecule has 1 aromatic heterocycles. The number of para-hydroxylation sites is 1. The fourth-order valence-corrected chi connectivity index (χ4v) is 4.21. The SMILES string of the molecule is CN=C(NCc1ncc(C)s1)NCC(c1ccccc1OC)N1CCCC1. The molecule has 1 aliphatic heterocycles. The molecular formula is C20H29N5OS. The van der Waals surface area contributed by atoms with Gasteiger partial charge in [0.15, 0.2) is 5.96 Å². The standard InChI is InChI=1S/C20H29N5OS/c1-15-12-22-19(27-15)14-24-20(21-2)23-13-17(25-10-6-7-11-25)16-8-4-5-9-18(16)26-3/h4-5,8-9,12,17H,6-7,10-11,13-14H2,1-3H3,(H2,21,23,24). The molecule has 0 bridgehead atoms. The second-order valence-corrected chi connectivity index (χ2v) is 7.99. The van der Waals surface area contributed by atoms with Crippen LogP contribution in [0.5, 0.6) is 5.75 Å². The van der Waals surface area contributed by atoms with Crippen LogP contribution in [0.25, 0.3) is 0 Å². The van der Waals surface area contributed by atoms with Gasteiger partial charge in [-0.2, -0.15) is 0 Å². The fourth-order valence-electron chi connectivity index (χ4n) is 3.49. The molecule has 2 aromatic rings. The van der Waals surface area contributed by atoms with Crippen molar-refractivity contribution in [1.82, 2.24) is 20.5 Å². The van der Waals surface area contributed by atoms with Crippen molar-refractivity contribution in [3.8, 4) is 5.75 Å². The minimum absolute atomic E-state index is 0.254. The number of benzene rings is 1. The molecule has 1 atom stereocenters. The highest BCUT2D eigenvalue weighted by Gasteiger charge is 2.26. The monoisotopic (exact) mass is 387 g/mol. The number of nitrogens with one attached hydrogen (secondary N) is 2. The Morgan fingerprint density at radius 3 is 2.74 bits per heavy atom. The Balaban J connectivity index is 1.66. The average molecular weight is 388 g/mol. The van der Waals surface area contributed by atoms with E-state index < -0.39 is 0 Å². The lowest BCUT2D eigenvalue weighted by Crippen LogP contribution is -2.42. The van der Waals surface area contributed by atoms with Crippen molar-refractivity contribution in [2.75, 3.05) is 33.8 Å². The first-order valence-corrected chi connectivity index (χ1v) is 10.3. The van der Waals surface area contributed by atoms with Gasteiger partial charge in [0, 0.05) is 30.2 Å². The molecule has 0 saturated carbocycles. The smallest absolute Gasteiger partial charge is 0.191 e. The molecule has 0 aliphatic carbocycles. The maximum atomic E-state index is 5.62. The van der Waals surface area contributed by atoms with Crippen LogP contribution in [0.3, 0.4) is 0 Å². The van der Waals surface area contributed by atoms with Gasteiger partial charge in [-0.3, -0.25) is 9.89 Å². The first-order chi connectivity index (χ1) is 13.2. The van der Waals surface area contributed by atoms with Crippen molar-refractivity contribution in [2.45, 2.75) is 32.4 Å². The Labute approximate surface area is 165 Å². The van der Waals surface area contributed by atoms with Crippen LogP contribution in [0.15, 0.2) is 35.5 Å². The Kier molecular flexibility index (Phi) is 7.06. The van der Waals surface area contributed by atoms with Gasteiger partial charge in [-0.25, -0.2) is 4.98 Å². The van der Waals surface area contributed by atoms with Gasteiger partial charge in [0.1, 0.15) is 10.8 Å². The fraction of sp³-hybridized carbons (Fsp3) is 0.500. The number of rotatable bonds is 7. The van der Waals surface area contributed by atoms with E-state index in [2.05, 4.69) is 44.6 Å². The highest BCUT2D eigenvalue weighted by molar-refractivity contribution is 7.11. The summed E-state index contributed by atoms with van der Waals surface area (Å²) in [4.78, 5) is 12.5. The highest BCUT2D eigenvalue weighted by atomic mass is 32.1. The molecule has 0 amide bonds. The number of methoxy groups -OCH3 is 1. The van der Waals surface area contributed by atoms with Gasteiger partial charge in [-0.15, -0.1) is 11.3 Å². The molecule has 7 heteroatoms. The first kappa shape index (κ1) is 19.6. The lowest BCUT2D eigenvalue weighted by atomic mass is 10.0. The number of aromatic nitrogens is 1. The second kappa shape index (κ2) is 9.71. The summed E-state index contributed by atoms with van der Waals surface area (Å²) in [5, 5.41) is 7.92. The number of aliphatic imine (C=N–C) groups is 1. The van der Waals surface area contributed by atoms with Gasteiger partial charge in [0.25, 0.3) is 0 Å². The van der Waals surface area contributed by atoms with Crippen LogP contribution in [-0.2, 0) is 6.54 Å².